The highest BCUT2D eigenvalue weighted by Crippen LogP contribution is 2.44. The monoisotopic (exact) mass is 373 g/mol. The van der Waals surface area contributed by atoms with Crippen LogP contribution in [0, 0.1) is 5.41 Å². The quantitative estimate of drug-likeness (QED) is 0.723. The minimum atomic E-state index is -4.50. The summed E-state index contributed by atoms with van der Waals surface area (Å²) < 4.78 is 37.8. The summed E-state index contributed by atoms with van der Waals surface area (Å²) in [6.45, 7) is 0. The van der Waals surface area contributed by atoms with Crippen molar-refractivity contribution >= 4 is 40.5 Å². The van der Waals surface area contributed by atoms with E-state index in [0.717, 1.165) is 6.07 Å². The van der Waals surface area contributed by atoms with E-state index in [1.807, 2.05) is 0 Å². The molecule has 0 fully saturated rings. The summed E-state index contributed by atoms with van der Waals surface area (Å²) in [5.41, 5.74) is 2.34. The zero-order chi connectivity index (χ0) is 17.5. The molecule has 0 aliphatic carbocycles. The van der Waals surface area contributed by atoms with Crippen molar-refractivity contribution in [2.45, 2.75) is 6.18 Å². The summed E-state index contributed by atoms with van der Waals surface area (Å²) in [4.78, 5) is 3.90. The van der Waals surface area contributed by atoms with Crippen molar-refractivity contribution in [1.82, 2.24) is 15.0 Å². The summed E-state index contributed by atoms with van der Waals surface area (Å²) in [5, 5.41) is 8.75. The Balaban J connectivity index is 2.20. The molecule has 24 heavy (non-hydrogen) atoms. The highest BCUT2D eigenvalue weighted by molar-refractivity contribution is 6.40. The highest BCUT2D eigenvalue weighted by Gasteiger charge is 2.46. The lowest BCUT2D eigenvalue weighted by Crippen LogP contribution is -2.54. The first-order valence-electron chi connectivity index (χ1n) is 6.68. The van der Waals surface area contributed by atoms with Gasteiger partial charge in [-0.05, 0) is 18.2 Å². The van der Waals surface area contributed by atoms with Crippen molar-refractivity contribution in [1.29, 1.82) is 5.41 Å². The van der Waals surface area contributed by atoms with E-state index in [9.17, 15) is 13.2 Å². The Kier molecular flexibility index (Phi) is 4.03. The normalized spacial score (nSPS) is 20.3. The number of nitrogens with one attached hydrogen (secondary N) is 2. The minimum absolute atomic E-state index is 0.0114. The Morgan fingerprint density at radius 3 is 2.21 bits per heavy atom. The van der Waals surface area contributed by atoms with Gasteiger partial charge in [-0.25, -0.2) is 15.8 Å². The van der Waals surface area contributed by atoms with E-state index in [-0.39, 0.29) is 21.7 Å². The summed E-state index contributed by atoms with van der Waals surface area (Å²) in [6.07, 6.45) is -0.837. The SMILES string of the molecule is N=C1C=CN[N+]1(c1ccc(C(F)(F)F)cn1)c1c(Cl)cccc1Cl. The van der Waals surface area contributed by atoms with E-state index in [4.69, 9.17) is 28.6 Å². The number of halogens is 5. The molecule has 0 spiro atoms. The van der Waals surface area contributed by atoms with E-state index < -0.39 is 16.3 Å². The number of alkyl halides is 3. The van der Waals surface area contributed by atoms with Gasteiger partial charge in [0.25, 0.3) is 11.7 Å². The van der Waals surface area contributed by atoms with Gasteiger partial charge in [0.1, 0.15) is 10.0 Å². The van der Waals surface area contributed by atoms with E-state index in [2.05, 4.69) is 10.4 Å². The zero-order valence-corrected chi connectivity index (χ0v) is 13.4. The number of aromatic nitrogens is 1. The molecule has 1 aromatic heterocycles. The minimum Gasteiger partial charge on any atom is -0.248 e. The van der Waals surface area contributed by atoms with Gasteiger partial charge in [-0.15, -0.1) is 0 Å². The highest BCUT2D eigenvalue weighted by atomic mass is 35.5. The fraction of sp³-hybridized carbons (Fsp3) is 0.0667. The predicted octanol–water partition coefficient (Wildman–Crippen LogP) is 5.06. The van der Waals surface area contributed by atoms with E-state index in [0.29, 0.717) is 11.9 Å². The predicted molar refractivity (Wildman–Crippen MR) is 87.2 cm³/mol. The molecule has 1 unspecified atom stereocenters. The van der Waals surface area contributed by atoms with Crippen molar-refractivity contribution in [2.24, 2.45) is 0 Å². The molecule has 1 aliphatic rings. The fourth-order valence-corrected chi connectivity index (χ4v) is 3.11. The number of amidine groups is 1. The third-order valence-electron chi connectivity index (χ3n) is 3.56. The molecule has 2 aromatic rings. The summed E-state index contributed by atoms with van der Waals surface area (Å²) in [7, 11) is 0. The summed E-state index contributed by atoms with van der Waals surface area (Å²) in [6, 6.07) is 6.90. The zero-order valence-electron chi connectivity index (χ0n) is 11.9. The van der Waals surface area contributed by atoms with Crippen LogP contribution >= 0.6 is 23.2 Å². The van der Waals surface area contributed by atoms with Crippen LogP contribution in [0.5, 0.6) is 0 Å². The van der Waals surface area contributed by atoms with Crippen molar-refractivity contribution < 1.29 is 13.2 Å². The molecule has 124 valence electrons. The van der Waals surface area contributed by atoms with Gasteiger partial charge in [-0.2, -0.15) is 13.2 Å². The third-order valence-corrected chi connectivity index (χ3v) is 4.17. The van der Waals surface area contributed by atoms with Gasteiger partial charge in [0.15, 0.2) is 0 Å². The molecule has 2 heterocycles. The van der Waals surface area contributed by atoms with Gasteiger partial charge in [-0.1, -0.05) is 33.9 Å². The molecule has 0 saturated carbocycles. The number of rotatable bonds is 2. The molecule has 3 rings (SSSR count). The van der Waals surface area contributed by atoms with E-state index in [1.165, 1.54) is 18.3 Å². The lowest BCUT2D eigenvalue weighted by atomic mass is 10.2. The first kappa shape index (κ1) is 16.8. The molecule has 0 bridgehead atoms. The van der Waals surface area contributed by atoms with Crippen molar-refractivity contribution in [3.63, 3.8) is 0 Å². The third kappa shape index (κ3) is 2.54. The van der Waals surface area contributed by atoms with Gasteiger partial charge >= 0.3 is 6.18 Å². The van der Waals surface area contributed by atoms with Crippen LogP contribution in [-0.2, 0) is 6.18 Å². The Morgan fingerprint density at radius 1 is 1.08 bits per heavy atom. The topological polar surface area (TPSA) is 48.8 Å². The van der Waals surface area contributed by atoms with Crippen LogP contribution < -0.4 is 10.0 Å². The number of nitrogens with zero attached hydrogens (tertiary/aromatic N) is 2. The molecular formula is C15H10Cl2F3N4+. The number of hydrogen-bond donors (Lipinski definition) is 2. The summed E-state index contributed by atoms with van der Waals surface area (Å²) >= 11 is 12.5. The first-order valence-corrected chi connectivity index (χ1v) is 7.43. The lowest BCUT2D eigenvalue weighted by molar-refractivity contribution is -0.137. The average Bonchev–Trinajstić information content (AvgIpc) is 2.89. The van der Waals surface area contributed by atoms with Crippen molar-refractivity contribution in [3.05, 3.63) is 64.4 Å². The van der Waals surface area contributed by atoms with Crippen LogP contribution in [-0.4, -0.2) is 10.8 Å². The standard InChI is InChI=1S/C15H10Cl2F3N4/c16-10-2-1-3-11(17)14(10)24(12(21)6-7-23-24)13-5-4-9(8-22-13)15(18,19)20/h1-8,21,23H/q+1. The molecule has 2 N–H and O–H groups in total. The molecule has 1 aliphatic heterocycles. The van der Waals surface area contributed by atoms with Crippen LogP contribution in [0.15, 0.2) is 48.8 Å². The van der Waals surface area contributed by atoms with Crippen LogP contribution in [0.4, 0.5) is 24.7 Å². The largest absolute Gasteiger partial charge is 0.417 e. The number of benzene rings is 1. The number of hydrogen-bond acceptors (Lipinski definition) is 3. The molecule has 0 radical (unpaired) electrons. The second kappa shape index (κ2) is 5.77. The van der Waals surface area contributed by atoms with Crippen LogP contribution in [0.25, 0.3) is 0 Å². The Hall–Kier alpha value is -2.09. The molecule has 4 nitrogen and oxygen atoms in total. The van der Waals surface area contributed by atoms with Crippen LogP contribution in [0.3, 0.4) is 0 Å². The average molecular weight is 374 g/mol. The second-order valence-electron chi connectivity index (χ2n) is 4.99. The Morgan fingerprint density at radius 2 is 1.75 bits per heavy atom. The molecule has 1 atom stereocenters. The first-order chi connectivity index (χ1) is 11.3. The van der Waals surface area contributed by atoms with Gasteiger partial charge in [-0.3, -0.25) is 0 Å². The van der Waals surface area contributed by atoms with Gasteiger partial charge in [0.2, 0.25) is 5.69 Å². The van der Waals surface area contributed by atoms with Crippen LogP contribution in [0.2, 0.25) is 10.0 Å². The maximum atomic E-state index is 12.8. The van der Waals surface area contributed by atoms with Gasteiger partial charge in [0.05, 0.1) is 11.8 Å². The molecule has 1 aromatic carbocycles. The van der Waals surface area contributed by atoms with Gasteiger partial charge in [0, 0.05) is 18.3 Å². The fourth-order valence-electron chi connectivity index (χ4n) is 2.46. The molecule has 0 amide bonds. The second-order valence-corrected chi connectivity index (χ2v) is 5.81. The molecular weight excluding hydrogens is 364 g/mol. The number of para-hydroxylation sites is 1. The number of quaternary nitrogens is 1. The Bertz CT molecular complexity index is 813. The Labute approximate surface area is 145 Å². The van der Waals surface area contributed by atoms with Crippen molar-refractivity contribution in [3.8, 4) is 0 Å². The van der Waals surface area contributed by atoms with Gasteiger partial charge < -0.3 is 0 Å². The maximum absolute atomic E-state index is 12.8. The van der Waals surface area contributed by atoms with E-state index >= 15 is 0 Å². The van der Waals surface area contributed by atoms with E-state index in [1.54, 1.807) is 18.2 Å². The van der Waals surface area contributed by atoms with Crippen LogP contribution in [0.1, 0.15) is 5.56 Å². The summed E-state index contributed by atoms with van der Waals surface area (Å²) in [5.74, 6) is 0.144. The smallest absolute Gasteiger partial charge is 0.248 e. The maximum Gasteiger partial charge on any atom is 0.417 e. The lowest BCUT2D eigenvalue weighted by Gasteiger charge is -2.31. The van der Waals surface area contributed by atoms with Crippen molar-refractivity contribution in [2.75, 3.05) is 0 Å². The molecule has 0 saturated heterocycles. The molecule has 9 heteroatoms. The number of pyridine rings is 1.